The maximum atomic E-state index is 11.6. The maximum absolute atomic E-state index is 11.6. The molecule has 0 fully saturated rings. The van der Waals surface area contributed by atoms with Crippen molar-refractivity contribution in [3.8, 4) is 0 Å². The van der Waals surface area contributed by atoms with Crippen molar-refractivity contribution in [1.82, 2.24) is 0 Å². The molecule has 0 amide bonds. The van der Waals surface area contributed by atoms with Gasteiger partial charge in [-0.05, 0) is 11.6 Å². The Balaban J connectivity index is 2.00. The summed E-state index contributed by atoms with van der Waals surface area (Å²) in [6.45, 7) is 2.66. The summed E-state index contributed by atoms with van der Waals surface area (Å²) >= 11 is 0. The first-order valence-corrected chi connectivity index (χ1v) is 6.87. The Morgan fingerprint density at radius 2 is 1.62 bits per heavy atom. The van der Waals surface area contributed by atoms with E-state index in [-0.39, 0.29) is 19.0 Å². The van der Waals surface area contributed by atoms with Crippen LogP contribution in [0.3, 0.4) is 0 Å². The number of hydrogen-bond acceptors (Lipinski definition) is 6. The van der Waals surface area contributed by atoms with Gasteiger partial charge < -0.3 is 24.7 Å². The molecule has 21 heavy (non-hydrogen) atoms. The third kappa shape index (κ3) is 8.29. The standard InChI is InChI=1S/C15H23NO5/c1-18-6-7-19-8-9-20-10-11-21-15(17)12-13-4-2-3-5-14(13)16/h2-5H,6-12,16H2,1H3. The van der Waals surface area contributed by atoms with E-state index in [1.807, 2.05) is 18.2 Å². The van der Waals surface area contributed by atoms with Crippen molar-refractivity contribution in [2.24, 2.45) is 0 Å². The third-order valence-electron chi connectivity index (χ3n) is 2.68. The number of methoxy groups -OCH3 is 1. The van der Waals surface area contributed by atoms with Gasteiger partial charge in [-0.3, -0.25) is 4.79 Å². The topological polar surface area (TPSA) is 80.0 Å². The molecule has 0 bridgehead atoms. The second-order valence-electron chi connectivity index (χ2n) is 4.31. The molecule has 0 unspecified atom stereocenters. The Labute approximate surface area is 125 Å². The van der Waals surface area contributed by atoms with E-state index < -0.39 is 0 Å². The molecule has 0 aromatic heterocycles. The highest BCUT2D eigenvalue weighted by Crippen LogP contribution is 2.11. The molecule has 0 aliphatic heterocycles. The van der Waals surface area contributed by atoms with Gasteiger partial charge in [-0.25, -0.2) is 0 Å². The Kier molecular flexibility index (Phi) is 9.19. The van der Waals surface area contributed by atoms with Gasteiger partial charge in [0.05, 0.1) is 39.5 Å². The zero-order valence-electron chi connectivity index (χ0n) is 12.4. The summed E-state index contributed by atoms with van der Waals surface area (Å²) in [7, 11) is 1.62. The molecular formula is C15H23NO5. The van der Waals surface area contributed by atoms with Crippen molar-refractivity contribution < 1.29 is 23.7 Å². The molecular weight excluding hydrogens is 274 g/mol. The Hall–Kier alpha value is -1.63. The fraction of sp³-hybridized carbons (Fsp3) is 0.533. The fourth-order valence-electron chi connectivity index (χ4n) is 1.58. The van der Waals surface area contributed by atoms with Crippen LogP contribution in [-0.4, -0.2) is 52.7 Å². The number of nitrogens with two attached hydrogens (primary N) is 1. The van der Waals surface area contributed by atoms with Gasteiger partial charge >= 0.3 is 5.97 Å². The molecule has 0 heterocycles. The number of ether oxygens (including phenoxy) is 4. The Morgan fingerprint density at radius 1 is 1.00 bits per heavy atom. The van der Waals surface area contributed by atoms with Crippen LogP contribution in [0.25, 0.3) is 0 Å². The summed E-state index contributed by atoms with van der Waals surface area (Å²) in [5.41, 5.74) is 7.13. The smallest absolute Gasteiger partial charge is 0.310 e. The number of hydrogen-bond donors (Lipinski definition) is 1. The molecule has 0 spiro atoms. The van der Waals surface area contributed by atoms with Gasteiger partial charge in [0.1, 0.15) is 6.61 Å². The Bertz CT molecular complexity index is 411. The highest BCUT2D eigenvalue weighted by molar-refractivity contribution is 5.74. The van der Waals surface area contributed by atoms with E-state index in [1.165, 1.54) is 0 Å². The lowest BCUT2D eigenvalue weighted by molar-refractivity contribution is -0.144. The van der Waals surface area contributed by atoms with E-state index in [4.69, 9.17) is 24.7 Å². The first-order chi connectivity index (χ1) is 10.2. The number of anilines is 1. The molecule has 0 radical (unpaired) electrons. The number of esters is 1. The van der Waals surface area contributed by atoms with Crippen LogP contribution < -0.4 is 5.73 Å². The molecule has 0 aliphatic rings. The van der Waals surface area contributed by atoms with E-state index >= 15 is 0 Å². The number of rotatable bonds is 11. The van der Waals surface area contributed by atoms with Crippen molar-refractivity contribution in [3.05, 3.63) is 29.8 Å². The zero-order valence-corrected chi connectivity index (χ0v) is 12.4. The number of nitrogen functional groups attached to an aromatic ring is 1. The van der Waals surface area contributed by atoms with E-state index in [9.17, 15) is 4.79 Å². The van der Waals surface area contributed by atoms with E-state index in [1.54, 1.807) is 13.2 Å². The highest BCUT2D eigenvalue weighted by Gasteiger charge is 2.06. The molecule has 2 N–H and O–H groups in total. The first-order valence-electron chi connectivity index (χ1n) is 6.87. The van der Waals surface area contributed by atoms with Gasteiger partial charge in [0.15, 0.2) is 0 Å². The molecule has 0 atom stereocenters. The quantitative estimate of drug-likeness (QED) is 0.373. The predicted molar refractivity (Wildman–Crippen MR) is 79.0 cm³/mol. The van der Waals surface area contributed by atoms with Crippen molar-refractivity contribution in [2.45, 2.75) is 6.42 Å². The van der Waals surface area contributed by atoms with Gasteiger partial charge in [-0.1, -0.05) is 18.2 Å². The summed E-state index contributed by atoms with van der Waals surface area (Å²) in [6, 6.07) is 7.23. The minimum Gasteiger partial charge on any atom is -0.463 e. The molecule has 118 valence electrons. The van der Waals surface area contributed by atoms with Crippen LogP contribution in [0.1, 0.15) is 5.56 Å². The molecule has 6 heteroatoms. The normalized spacial score (nSPS) is 10.5. The monoisotopic (exact) mass is 297 g/mol. The summed E-state index contributed by atoms with van der Waals surface area (Å²) in [4.78, 5) is 11.6. The predicted octanol–water partition coefficient (Wildman–Crippen LogP) is 1.03. The van der Waals surface area contributed by atoms with Crippen molar-refractivity contribution >= 4 is 11.7 Å². The van der Waals surface area contributed by atoms with Gasteiger partial charge in [0, 0.05) is 12.8 Å². The van der Waals surface area contributed by atoms with Gasteiger partial charge in [-0.15, -0.1) is 0 Å². The average molecular weight is 297 g/mol. The van der Waals surface area contributed by atoms with Crippen molar-refractivity contribution in [1.29, 1.82) is 0 Å². The number of carbonyl (C=O) groups is 1. The molecule has 1 rings (SSSR count). The van der Waals surface area contributed by atoms with Crippen molar-refractivity contribution in [3.63, 3.8) is 0 Å². The van der Waals surface area contributed by atoms with Crippen LogP contribution >= 0.6 is 0 Å². The third-order valence-corrected chi connectivity index (χ3v) is 2.68. The van der Waals surface area contributed by atoms with Crippen LogP contribution in [-0.2, 0) is 30.2 Å². The van der Waals surface area contributed by atoms with Crippen molar-refractivity contribution in [2.75, 3.05) is 52.5 Å². The van der Waals surface area contributed by atoms with E-state index in [0.29, 0.717) is 38.7 Å². The molecule has 1 aromatic rings. The summed E-state index contributed by atoms with van der Waals surface area (Å²) in [5, 5.41) is 0. The van der Waals surface area contributed by atoms with Gasteiger partial charge in [0.25, 0.3) is 0 Å². The summed E-state index contributed by atoms with van der Waals surface area (Å²) in [5.74, 6) is -0.312. The largest absolute Gasteiger partial charge is 0.463 e. The SMILES string of the molecule is COCCOCCOCCOC(=O)Cc1ccccc1N. The second-order valence-corrected chi connectivity index (χ2v) is 4.31. The van der Waals surface area contributed by atoms with Crippen LogP contribution in [0.4, 0.5) is 5.69 Å². The second kappa shape index (κ2) is 11.1. The lowest BCUT2D eigenvalue weighted by Gasteiger charge is -2.08. The van der Waals surface area contributed by atoms with Gasteiger partial charge in [-0.2, -0.15) is 0 Å². The Morgan fingerprint density at radius 3 is 2.29 bits per heavy atom. The van der Waals surface area contributed by atoms with E-state index in [2.05, 4.69) is 0 Å². The van der Waals surface area contributed by atoms with E-state index in [0.717, 1.165) is 5.56 Å². The molecule has 0 aliphatic carbocycles. The summed E-state index contributed by atoms with van der Waals surface area (Å²) in [6.07, 6.45) is 0.173. The minimum absolute atomic E-state index is 0.173. The summed E-state index contributed by atoms with van der Waals surface area (Å²) < 4.78 is 20.4. The minimum atomic E-state index is -0.312. The van der Waals surface area contributed by atoms with Crippen LogP contribution in [0.5, 0.6) is 0 Å². The van der Waals surface area contributed by atoms with Crippen LogP contribution in [0, 0.1) is 0 Å². The maximum Gasteiger partial charge on any atom is 0.310 e. The zero-order chi connectivity index (χ0) is 15.3. The number of carbonyl (C=O) groups excluding carboxylic acids is 1. The molecule has 1 aromatic carbocycles. The first kappa shape index (κ1) is 17.4. The molecule has 0 saturated carbocycles. The fourth-order valence-corrected chi connectivity index (χ4v) is 1.58. The van der Waals surface area contributed by atoms with Gasteiger partial charge in [0.2, 0.25) is 0 Å². The molecule has 0 saturated heterocycles. The highest BCUT2D eigenvalue weighted by atomic mass is 16.6. The lowest BCUT2D eigenvalue weighted by Crippen LogP contribution is -2.15. The number of para-hydroxylation sites is 1. The van der Waals surface area contributed by atoms with Crippen LogP contribution in [0.15, 0.2) is 24.3 Å². The lowest BCUT2D eigenvalue weighted by atomic mass is 10.1. The molecule has 6 nitrogen and oxygen atoms in total. The number of benzene rings is 1. The average Bonchev–Trinajstić information content (AvgIpc) is 2.48. The van der Waals surface area contributed by atoms with Crippen LogP contribution in [0.2, 0.25) is 0 Å².